The van der Waals surface area contributed by atoms with Gasteiger partial charge in [-0.1, -0.05) is 0 Å². The zero-order chi connectivity index (χ0) is 19.2. The molecule has 138 valence electrons. The number of hydrogen-bond acceptors (Lipinski definition) is 8. The van der Waals surface area contributed by atoms with Crippen LogP contribution in [0.5, 0.6) is 0 Å². The van der Waals surface area contributed by atoms with Crippen molar-refractivity contribution in [2.24, 2.45) is 0 Å². The highest BCUT2D eigenvalue weighted by Gasteiger charge is 2.66. The van der Waals surface area contributed by atoms with E-state index < -0.39 is 52.1 Å². The maximum atomic E-state index is 12.1. The molecule has 0 aliphatic carbocycles. The SMILES string of the molecule is CC(=O)OC[C@H]1O[C@@](Br)(n2cc(C)c(=O)[nH]c2=O)[C@H](O)[C@@]1(O)C(C)=O. The first-order valence-corrected chi connectivity index (χ1v) is 7.98. The molecule has 0 radical (unpaired) electrons. The van der Waals surface area contributed by atoms with Crippen LogP contribution in [0.15, 0.2) is 15.8 Å². The minimum absolute atomic E-state index is 0.129. The van der Waals surface area contributed by atoms with Crippen LogP contribution >= 0.6 is 15.9 Å². The quantitative estimate of drug-likeness (QED) is 0.393. The molecule has 0 aromatic carbocycles. The normalized spacial score (nSPS) is 31.8. The molecule has 10 nitrogen and oxygen atoms in total. The van der Waals surface area contributed by atoms with Crippen LogP contribution in [0.2, 0.25) is 0 Å². The number of aromatic amines is 1. The van der Waals surface area contributed by atoms with Gasteiger partial charge in [-0.15, -0.1) is 0 Å². The molecule has 2 heterocycles. The Balaban J connectivity index is 2.57. The van der Waals surface area contributed by atoms with E-state index >= 15 is 0 Å². The van der Waals surface area contributed by atoms with Gasteiger partial charge in [-0.05, 0) is 29.8 Å². The van der Waals surface area contributed by atoms with E-state index in [1.807, 2.05) is 4.98 Å². The molecular weight excluding hydrogens is 404 g/mol. The molecule has 1 aliphatic heterocycles. The van der Waals surface area contributed by atoms with Crippen molar-refractivity contribution in [3.8, 4) is 0 Å². The third kappa shape index (κ3) is 3.08. The Kier molecular flexibility index (Phi) is 5.06. The second kappa shape index (κ2) is 6.48. The molecule has 11 heteroatoms. The summed E-state index contributed by atoms with van der Waals surface area (Å²) in [7, 11) is 0. The number of aliphatic hydroxyl groups excluding tert-OH is 1. The summed E-state index contributed by atoms with van der Waals surface area (Å²) in [5.41, 5.74) is -3.90. The van der Waals surface area contributed by atoms with E-state index in [4.69, 9.17) is 9.47 Å². The van der Waals surface area contributed by atoms with E-state index in [1.165, 1.54) is 6.92 Å². The lowest BCUT2D eigenvalue weighted by Crippen LogP contribution is -2.57. The Morgan fingerprint density at radius 3 is 2.56 bits per heavy atom. The fourth-order valence-electron chi connectivity index (χ4n) is 2.56. The van der Waals surface area contributed by atoms with Crippen molar-refractivity contribution in [2.45, 2.75) is 43.2 Å². The van der Waals surface area contributed by atoms with Crippen molar-refractivity contribution >= 4 is 27.7 Å². The third-order valence-electron chi connectivity index (χ3n) is 4.00. The van der Waals surface area contributed by atoms with Crippen LogP contribution in [0.4, 0.5) is 0 Å². The average molecular weight is 421 g/mol. The highest BCUT2D eigenvalue weighted by atomic mass is 79.9. The zero-order valence-corrected chi connectivity index (χ0v) is 15.2. The number of carbonyl (C=O) groups is 2. The van der Waals surface area contributed by atoms with Crippen LogP contribution in [0.1, 0.15) is 19.4 Å². The van der Waals surface area contributed by atoms with Crippen LogP contribution < -0.4 is 11.2 Å². The second-order valence-electron chi connectivity index (χ2n) is 5.74. The van der Waals surface area contributed by atoms with Crippen LogP contribution in [0.25, 0.3) is 0 Å². The van der Waals surface area contributed by atoms with Gasteiger partial charge in [0.25, 0.3) is 5.56 Å². The van der Waals surface area contributed by atoms with Crippen LogP contribution in [0.3, 0.4) is 0 Å². The predicted molar refractivity (Wildman–Crippen MR) is 86.1 cm³/mol. The molecule has 1 aromatic rings. The van der Waals surface area contributed by atoms with Gasteiger partial charge in [0.1, 0.15) is 12.7 Å². The fraction of sp³-hybridized carbons (Fsp3) is 0.571. The molecule has 1 saturated heterocycles. The number of nitrogens with zero attached hydrogens (tertiary/aromatic N) is 1. The monoisotopic (exact) mass is 420 g/mol. The first-order valence-electron chi connectivity index (χ1n) is 7.19. The number of aryl methyl sites for hydroxylation is 1. The summed E-state index contributed by atoms with van der Waals surface area (Å²) < 4.78 is 9.02. The Hall–Kier alpha value is -1.82. The molecule has 1 aromatic heterocycles. The summed E-state index contributed by atoms with van der Waals surface area (Å²) in [6.07, 6.45) is -2.29. The van der Waals surface area contributed by atoms with Gasteiger partial charge in [0.05, 0.1) is 0 Å². The maximum Gasteiger partial charge on any atom is 0.331 e. The van der Waals surface area contributed by atoms with Crippen molar-refractivity contribution in [2.75, 3.05) is 6.61 Å². The number of halogens is 1. The van der Waals surface area contributed by atoms with E-state index in [0.29, 0.717) is 0 Å². The van der Waals surface area contributed by atoms with Gasteiger partial charge >= 0.3 is 11.7 Å². The summed E-state index contributed by atoms with van der Waals surface area (Å²) in [5, 5.41) is 21.3. The number of H-pyrrole nitrogens is 1. The Bertz CT molecular complexity index is 833. The molecular formula is C14H17BrN2O8. The lowest BCUT2D eigenvalue weighted by Gasteiger charge is -2.30. The van der Waals surface area contributed by atoms with Crippen molar-refractivity contribution in [1.82, 2.24) is 9.55 Å². The van der Waals surface area contributed by atoms with Crippen molar-refractivity contribution in [1.29, 1.82) is 0 Å². The minimum Gasteiger partial charge on any atom is -0.463 e. The van der Waals surface area contributed by atoms with E-state index in [9.17, 15) is 29.4 Å². The summed E-state index contributed by atoms with van der Waals surface area (Å²) in [6.45, 7) is 3.02. The van der Waals surface area contributed by atoms with E-state index in [0.717, 1.165) is 24.6 Å². The number of aromatic nitrogens is 2. The van der Waals surface area contributed by atoms with Gasteiger partial charge in [0.2, 0.25) is 4.63 Å². The Morgan fingerprint density at radius 2 is 2.04 bits per heavy atom. The Morgan fingerprint density at radius 1 is 1.44 bits per heavy atom. The lowest BCUT2D eigenvalue weighted by atomic mass is 9.88. The molecule has 3 N–H and O–H groups in total. The van der Waals surface area contributed by atoms with E-state index in [1.54, 1.807) is 0 Å². The lowest BCUT2D eigenvalue weighted by molar-refractivity contribution is -0.161. The first kappa shape index (κ1) is 19.5. The molecule has 0 spiro atoms. The number of rotatable bonds is 4. The number of ketones is 1. The molecule has 2 rings (SSSR count). The van der Waals surface area contributed by atoms with Crippen LogP contribution in [-0.2, 0) is 23.7 Å². The summed E-state index contributed by atoms with van der Waals surface area (Å²) >= 11 is 3.04. The van der Waals surface area contributed by atoms with Gasteiger partial charge in [-0.2, -0.15) is 0 Å². The highest BCUT2D eigenvalue weighted by molar-refractivity contribution is 9.09. The van der Waals surface area contributed by atoms with Crippen molar-refractivity contribution in [3.05, 3.63) is 32.6 Å². The summed E-state index contributed by atoms with van der Waals surface area (Å²) in [4.78, 5) is 48.6. The number of aliphatic hydroxyl groups is 2. The number of esters is 1. The van der Waals surface area contributed by atoms with Gasteiger partial charge in [-0.25, -0.2) is 4.79 Å². The molecule has 25 heavy (non-hydrogen) atoms. The van der Waals surface area contributed by atoms with Gasteiger partial charge in [0.15, 0.2) is 17.5 Å². The molecule has 0 saturated carbocycles. The third-order valence-corrected chi connectivity index (χ3v) is 5.01. The zero-order valence-electron chi connectivity index (χ0n) is 13.6. The highest BCUT2D eigenvalue weighted by Crippen LogP contribution is 2.46. The van der Waals surface area contributed by atoms with E-state index in [-0.39, 0.29) is 5.56 Å². The predicted octanol–water partition coefficient (Wildman–Crippen LogP) is -1.51. The number of hydrogen-bond donors (Lipinski definition) is 3. The van der Waals surface area contributed by atoms with Crippen molar-refractivity contribution < 1.29 is 29.3 Å². The Labute approximate surface area is 149 Å². The average Bonchev–Trinajstić information content (AvgIpc) is 2.71. The summed E-state index contributed by atoms with van der Waals surface area (Å²) in [6, 6.07) is 0. The molecule has 0 bridgehead atoms. The molecule has 1 aliphatic rings. The molecule has 1 fully saturated rings. The van der Waals surface area contributed by atoms with Crippen LogP contribution in [-0.4, -0.2) is 55.9 Å². The van der Waals surface area contributed by atoms with E-state index in [2.05, 4.69) is 15.9 Å². The number of Topliss-reactive ketones (excluding diaryl/α,β-unsaturated/α-hetero) is 1. The molecule has 4 atom stereocenters. The standard InChI is InChI=1S/C14H17BrN2O8/c1-6-4-17(12(22)16-10(6)20)14(15)11(21)13(23,7(2)18)9(25-14)5-24-8(3)19/h4,9,11,21,23H,5H2,1-3H3,(H,16,20,22)/t9-,11-,13-,14+/m1/s1. The first-order chi connectivity index (χ1) is 11.4. The van der Waals surface area contributed by atoms with Gasteiger partial charge in [0, 0.05) is 18.7 Å². The summed E-state index contributed by atoms with van der Waals surface area (Å²) in [5.74, 6) is -1.54. The second-order valence-corrected chi connectivity index (χ2v) is 6.88. The number of carbonyl (C=O) groups excluding carboxylic acids is 2. The smallest absolute Gasteiger partial charge is 0.331 e. The van der Waals surface area contributed by atoms with Gasteiger partial charge < -0.3 is 19.7 Å². The number of nitrogens with one attached hydrogen (secondary N) is 1. The largest absolute Gasteiger partial charge is 0.463 e. The number of ether oxygens (including phenoxy) is 2. The van der Waals surface area contributed by atoms with Crippen molar-refractivity contribution in [3.63, 3.8) is 0 Å². The van der Waals surface area contributed by atoms with Crippen LogP contribution in [0, 0.1) is 6.92 Å². The topological polar surface area (TPSA) is 148 Å². The maximum absolute atomic E-state index is 12.1. The fourth-order valence-corrected chi connectivity index (χ4v) is 3.39. The number of alkyl halides is 1. The molecule has 0 amide bonds. The van der Waals surface area contributed by atoms with Gasteiger partial charge in [-0.3, -0.25) is 23.9 Å². The minimum atomic E-state index is -2.46. The molecule has 0 unspecified atom stereocenters.